The minimum atomic E-state index is -1.06. The number of carbonyl (C=O) groups excluding carboxylic acids is 4. The van der Waals surface area contributed by atoms with E-state index in [1.165, 1.54) is 6.92 Å². The fourth-order valence-corrected chi connectivity index (χ4v) is 5.20. The smallest absolute Gasteiger partial charge is 0.243 e. The van der Waals surface area contributed by atoms with Crippen LogP contribution in [0.25, 0.3) is 21.5 Å². The molecule has 0 aromatic heterocycles. The van der Waals surface area contributed by atoms with E-state index in [0.717, 1.165) is 32.7 Å². The lowest BCUT2D eigenvalue weighted by Crippen LogP contribution is -2.57. The van der Waals surface area contributed by atoms with Gasteiger partial charge in [0.25, 0.3) is 0 Å². The van der Waals surface area contributed by atoms with Gasteiger partial charge < -0.3 is 33.2 Å². The quantitative estimate of drug-likeness (QED) is 0.0716. The van der Waals surface area contributed by atoms with Crippen molar-refractivity contribution in [2.24, 2.45) is 22.2 Å². The molecule has 0 radical (unpaired) electrons. The van der Waals surface area contributed by atoms with Crippen molar-refractivity contribution in [2.75, 3.05) is 6.54 Å². The largest absolute Gasteiger partial charge is 0.370 e. The SMILES string of the molecule is CC(=O)N[C@@H](Cc1ccc2ccccc2c1)C(=O)N[C@@H](CCCN=C(N)N)C(=O)N[C@@H](Cc1ccc2ccccc2c1)C(N)=O. The highest BCUT2D eigenvalue weighted by Crippen LogP contribution is 2.18. The third-order valence-electron chi connectivity index (χ3n) is 7.44. The first kappa shape index (κ1) is 32.5. The van der Waals surface area contributed by atoms with Crippen molar-refractivity contribution in [3.8, 4) is 0 Å². The average Bonchev–Trinajstić information content (AvgIpc) is 3.01. The molecule has 0 aliphatic carbocycles. The minimum absolute atomic E-state index is 0.0923. The van der Waals surface area contributed by atoms with Crippen LogP contribution >= 0.6 is 0 Å². The maximum absolute atomic E-state index is 13.6. The summed E-state index contributed by atoms with van der Waals surface area (Å²) in [6.45, 7) is 1.55. The number of carbonyl (C=O) groups is 4. The molecule has 11 nitrogen and oxygen atoms in total. The summed E-state index contributed by atoms with van der Waals surface area (Å²) in [4.78, 5) is 55.6. The maximum atomic E-state index is 13.6. The zero-order valence-corrected chi connectivity index (χ0v) is 25.2. The number of hydrogen-bond donors (Lipinski definition) is 6. The molecule has 11 heteroatoms. The van der Waals surface area contributed by atoms with E-state index in [-0.39, 0.29) is 31.8 Å². The number of hydrogen-bond acceptors (Lipinski definition) is 5. The third-order valence-corrected chi connectivity index (χ3v) is 7.44. The van der Waals surface area contributed by atoms with Crippen LogP contribution in [0.2, 0.25) is 0 Å². The van der Waals surface area contributed by atoms with E-state index in [4.69, 9.17) is 17.2 Å². The minimum Gasteiger partial charge on any atom is -0.370 e. The van der Waals surface area contributed by atoms with Crippen LogP contribution in [0.4, 0.5) is 0 Å². The van der Waals surface area contributed by atoms with Crippen molar-refractivity contribution in [3.05, 3.63) is 96.1 Å². The highest BCUT2D eigenvalue weighted by atomic mass is 16.2. The van der Waals surface area contributed by atoms with E-state index in [9.17, 15) is 19.2 Å². The van der Waals surface area contributed by atoms with Gasteiger partial charge >= 0.3 is 0 Å². The molecule has 0 fully saturated rings. The zero-order chi connectivity index (χ0) is 32.3. The summed E-state index contributed by atoms with van der Waals surface area (Å²) in [7, 11) is 0. The molecule has 4 amide bonds. The Morgan fingerprint density at radius 1 is 0.644 bits per heavy atom. The van der Waals surface area contributed by atoms with Gasteiger partial charge in [0.1, 0.15) is 18.1 Å². The van der Waals surface area contributed by atoms with Crippen LogP contribution in [-0.2, 0) is 32.0 Å². The summed E-state index contributed by atoms with van der Waals surface area (Å²) in [6, 6.07) is 24.2. The molecule has 0 saturated carbocycles. The van der Waals surface area contributed by atoms with Gasteiger partial charge in [0.2, 0.25) is 23.6 Å². The molecule has 0 spiro atoms. The number of fused-ring (bicyclic) bond motifs is 2. The van der Waals surface area contributed by atoms with Gasteiger partial charge in [-0.05, 0) is 45.5 Å². The first-order chi connectivity index (χ1) is 21.6. The van der Waals surface area contributed by atoms with Crippen molar-refractivity contribution >= 4 is 51.1 Å². The van der Waals surface area contributed by atoms with Crippen LogP contribution in [0.1, 0.15) is 30.9 Å². The van der Waals surface area contributed by atoms with E-state index in [1.807, 2.05) is 84.9 Å². The predicted octanol–water partition coefficient (Wildman–Crippen LogP) is 1.79. The second-order valence-corrected chi connectivity index (χ2v) is 11.0. The molecule has 45 heavy (non-hydrogen) atoms. The summed E-state index contributed by atoms with van der Waals surface area (Å²) in [5.41, 5.74) is 18.2. The molecule has 0 saturated heterocycles. The fourth-order valence-electron chi connectivity index (χ4n) is 5.20. The lowest BCUT2D eigenvalue weighted by atomic mass is 10.00. The van der Waals surface area contributed by atoms with Crippen LogP contribution in [0.3, 0.4) is 0 Å². The Morgan fingerprint density at radius 2 is 1.13 bits per heavy atom. The Labute approximate surface area is 261 Å². The number of aliphatic imine (C=N–C) groups is 1. The van der Waals surface area contributed by atoms with E-state index in [0.29, 0.717) is 6.42 Å². The Bertz CT molecular complexity index is 1720. The first-order valence-electron chi connectivity index (χ1n) is 14.8. The Balaban J connectivity index is 1.51. The predicted molar refractivity (Wildman–Crippen MR) is 176 cm³/mol. The monoisotopic (exact) mass is 609 g/mol. The molecule has 4 rings (SSSR count). The van der Waals surface area contributed by atoms with Gasteiger partial charge in [0.05, 0.1) is 0 Å². The number of nitrogens with two attached hydrogens (primary N) is 3. The molecule has 0 aliphatic rings. The standard InChI is InChI=1S/C34H39N7O4/c1-21(42)39-30(20-23-13-15-25-8-3-5-10-27(25)18-23)33(45)40-28(11-6-16-38-34(36)37)32(44)41-29(31(35)43)19-22-12-14-24-7-2-4-9-26(24)17-22/h2-5,7-10,12-15,17-18,28-30H,6,11,16,19-20H2,1H3,(H2,35,43)(H,39,42)(H,40,45)(H,41,44)(H4,36,37,38)/t28-,29-,30-/m0/s1. The van der Waals surface area contributed by atoms with Crippen LogP contribution in [0.5, 0.6) is 0 Å². The van der Waals surface area contributed by atoms with E-state index in [1.54, 1.807) is 0 Å². The molecule has 4 aromatic rings. The lowest BCUT2D eigenvalue weighted by Gasteiger charge is -2.25. The third kappa shape index (κ3) is 9.52. The molecule has 234 valence electrons. The van der Waals surface area contributed by atoms with E-state index < -0.39 is 41.8 Å². The summed E-state index contributed by atoms with van der Waals surface area (Å²) in [6.07, 6.45) is 0.887. The Morgan fingerprint density at radius 3 is 1.64 bits per heavy atom. The normalized spacial score (nSPS) is 12.9. The molecule has 0 unspecified atom stereocenters. The molecule has 0 aliphatic heterocycles. The van der Waals surface area contributed by atoms with Crippen LogP contribution in [0.15, 0.2) is 89.9 Å². The van der Waals surface area contributed by atoms with Crippen molar-refractivity contribution in [1.82, 2.24) is 16.0 Å². The Kier molecular flexibility index (Phi) is 11.1. The van der Waals surface area contributed by atoms with Gasteiger partial charge in [-0.15, -0.1) is 0 Å². The number of nitrogens with one attached hydrogen (secondary N) is 3. The summed E-state index contributed by atoms with van der Waals surface area (Å²) < 4.78 is 0. The second kappa shape index (κ2) is 15.3. The highest BCUT2D eigenvalue weighted by Gasteiger charge is 2.29. The second-order valence-electron chi connectivity index (χ2n) is 11.0. The van der Waals surface area contributed by atoms with E-state index in [2.05, 4.69) is 20.9 Å². The summed E-state index contributed by atoms with van der Waals surface area (Å²) in [5.74, 6) is -2.34. The van der Waals surface area contributed by atoms with Crippen molar-refractivity contribution in [1.29, 1.82) is 0 Å². The molecular formula is C34H39N7O4. The molecule has 3 atom stereocenters. The molecule has 0 heterocycles. The summed E-state index contributed by atoms with van der Waals surface area (Å²) in [5, 5.41) is 12.3. The van der Waals surface area contributed by atoms with Gasteiger partial charge in [-0.1, -0.05) is 84.9 Å². The van der Waals surface area contributed by atoms with Crippen molar-refractivity contribution in [2.45, 2.75) is 50.7 Å². The topological polar surface area (TPSA) is 195 Å². The summed E-state index contributed by atoms with van der Waals surface area (Å²) >= 11 is 0. The number of rotatable bonds is 14. The van der Waals surface area contributed by atoms with Gasteiger partial charge in [-0.3, -0.25) is 24.2 Å². The molecular weight excluding hydrogens is 570 g/mol. The number of amides is 4. The zero-order valence-electron chi connectivity index (χ0n) is 25.2. The van der Waals surface area contributed by atoms with Crippen molar-refractivity contribution < 1.29 is 19.2 Å². The molecule has 9 N–H and O–H groups in total. The van der Waals surface area contributed by atoms with Gasteiger partial charge in [-0.25, -0.2) is 0 Å². The molecule has 0 bridgehead atoms. The molecule has 4 aromatic carbocycles. The lowest BCUT2D eigenvalue weighted by molar-refractivity contribution is -0.133. The first-order valence-corrected chi connectivity index (χ1v) is 14.8. The number of guanidine groups is 1. The highest BCUT2D eigenvalue weighted by molar-refractivity contribution is 5.94. The van der Waals surface area contributed by atoms with Crippen LogP contribution in [-0.4, -0.2) is 54.3 Å². The number of nitrogens with zero attached hydrogens (tertiary/aromatic N) is 1. The van der Waals surface area contributed by atoms with Crippen molar-refractivity contribution in [3.63, 3.8) is 0 Å². The van der Waals surface area contributed by atoms with Gasteiger partial charge in [0, 0.05) is 26.3 Å². The van der Waals surface area contributed by atoms with Gasteiger partial charge in [0.15, 0.2) is 5.96 Å². The fraction of sp³-hybridized carbons (Fsp3) is 0.265. The maximum Gasteiger partial charge on any atom is 0.243 e. The number of primary amides is 1. The van der Waals surface area contributed by atoms with E-state index >= 15 is 0 Å². The number of benzene rings is 4. The Hall–Kier alpha value is -5.45. The van der Waals surface area contributed by atoms with Crippen LogP contribution < -0.4 is 33.2 Å². The van der Waals surface area contributed by atoms with Crippen LogP contribution in [0, 0.1) is 0 Å². The van der Waals surface area contributed by atoms with Gasteiger partial charge in [-0.2, -0.15) is 0 Å². The average molecular weight is 610 g/mol.